The molecule has 6 atom stereocenters. The summed E-state index contributed by atoms with van der Waals surface area (Å²) in [7, 11) is 0. The number of imide groups is 2. The molecular formula is C32H37ClN2O5. The number of phenolic OH excluding ortho intramolecular Hbond substituents is 1. The highest BCUT2D eigenvalue weighted by Crippen LogP contribution is 2.59. The number of phenols is 1. The van der Waals surface area contributed by atoms with Gasteiger partial charge in [0.15, 0.2) is 0 Å². The summed E-state index contributed by atoms with van der Waals surface area (Å²) in [5.74, 6) is -3.15. The van der Waals surface area contributed by atoms with Gasteiger partial charge in [-0.05, 0) is 62.1 Å². The molecule has 0 unspecified atom stereocenters. The number of halogens is 1. The van der Waals surface area contributed by atoms with Crippen LogP contribution in [-0.2, 0) is 19.2 Å². The molecule has 2 aliphatic heterocycles. The Morgan fingerprint density at radius 1 is 0.700 bits per heavy atom. The zero-order valence-electron chi connectivity index (χ0n) is 22.8. The second kappa shape index (κ2) is 10.0. The van der Waals surface area contributed by atoms with Gasteiger partial charge in [-0.2, -0.15) is 0 Å². The molecule has 2 saturated heterocycles. The first-order valence-corrected chi connectivity index (χ1v) is 15.7. The molecule has 2 heterocycles. The fourth-order valence-electron chi connectivity index (χ4n) is 9.15. The van der Waals surface area contributed by atoms with Crippen molar-refractivity contribution in [2.45, 2.75) is 95.1 Å². The Bertz CT molecular complexity index is 1300. The second-order valence-electron chi connectivity index (χ2n) is 12.9. The first-order valence-electron chi connectivity index (χ1n) is 15.3. The third-order valence-electron chi connectivity index (χ3n) is 10.9. The lowest BCUT2D eigenvalue weighted by Gasteiger charge is -2.44. The van der Waals surface area contributed by atoms with Gasteiger partial charge in [-0.1, -0.05) is 67.8 Å². The van der Waals surface area contributed by atoms with Crippen LogP contribution in [0.1, 0.15) is 88.5 Å². The lowest BCUT2D eigenvalue weighted by Crippen LogP contribution is -2.44. The standard InChI is InChI=1S/C32H37ClN2O5/c33-25-15-19(36)11-12-21(25)26-20-13-14-22-27(31(39)34(29(22)37)17-7-3-1-4-8-17)23(20)16-24-28(26)32(40)35(30(24)38)18-9-5-2-6-10-18/h11-13,15,17-18,22-24,26-28,36H,1-10,14,16H2/t22-,23+,24+,26+,27-,28+/m0/s1. The summed E-state index contributed by atoms with van der Waals surface area (Å²) < 4.78 is 0. The minimum atomic E-state index is -0.586. The number of aromatic hydroxyl groups is 1. The first kappa shape index (κ1) is 26.2. The highest BCUT2D eigenvalue weighted by atomic mass is 35.5. The monoisotopic (exact) mass is 564 g/mol. The van der Waals surface area contributed by atoms with Gasteiger partial charge in [0.05, 0.1) is 23.7 Å². The normalized spacial score (nSPS) is 35.1. The van der Waals surface area contributed by atoms with Gasteiger partial charge in [0, 0.05) is 23.0 Å². The highest BCUT2D eigenvalue weighted by Gasteiger charge is 2.63. The molecular weight excluding hydrogens is 528 g/mol. The number of hydrogen-bond donors (Lipinski definition) is 1. The smallest absolute Gasteiger partial charge is 0.234 e. The van der Waals surface area contributed by atoms with Crippen molar-refractivity contribution in [1.29, 1.82) is 0 Å². The number of hydrogen-bond acceptors (Lipinski definition) is 5. The van der Waals surface area contributed by atoms with Crippen molar-refractivity contribution in [3.8, 4) is 5.75 Å². The van der Waals surface area contributed by atoms with Gasteiger partial charge in [-0.3, -0.25) is 29.0 Å². The summed E-state index contributed by atoms with van der Waals surface area (Å²) in [4.78, 5) is 59.1. The lowest BCUT2D eigenvalue weighted by atomic mass is 9.57. The Balaban J connectivity index is 1.30. The van der Waals surface area contributed by atoms with Crippen molar-refractivity contribution in [2.24, 2.45) is 29.6 Å². The van der Waals surface area contributed by atoms with Gasteiger partial charge in [0.1, 0.15) is 5.75 Å². The van der Waals surface area contributed by atoms with Crippen LogP contribution in [0.25, 0.3) is 0 Å². The maximum atomic E-state index is 14.1. The average molecular weight is 565 g/mol. The number of nitrogens with zero attached hydrogens (tertiary/aromatic N) is 2. The van der Waals surface area contributed by atoms with Crippen LogP contribution in [0.2, 0.25) is 5.02 Å². The van der Waals surface area contributed by atoms with E-state index in [0.29, 0.717) is 23.4 Å². The van der Waals surface area contributed by atoms with Crippen LogP contribution >= 0.6 is 11.6 Å². The Morgan fingerprint density at radius 3 is 1.88 bits per heavy atom. The van der Waals surface area contributed by atoms with Crippen molar-refractivity contribution in [3.05, 3.63) is 40.4 Å². The molecule has 4 amide bonds. The van der Waals surface area contributed by atoms with Gasteiger partial charge in [-0.15, -0.1) is 0 Å². The number of amides is 4. The SMILES string of the molecule is O=C1[C@H]2[C@H](CC=C3[C@H]2C[C@H]2C(=O)N(C4CCCCC4)C(=O)[C@H]2[C@H]3c2ccc(O)cc2Cl)C(=O)N1C1CCCCC1. The minimum Gasteiger partial charge on any atom is -0.508 e. The molecule has 40 heavy (non-hydrogen) atoms. The molecule has 0 aromatic heterocycles. The largest absolute Gasteiger partial charge is 0.508 e. The van der Waals surface area contributed by atoms with Gasteiger partial charge >= 0.3 is 0 Å². The number of allylic oxidation sites excluding steroid dienone is 2. The Labute approximate surface area is 239 Å². The zero-order chi connectivity index (χ0) is 27.7. The van der Waals surface area contributed by atoms with E-state index in [2.05, 4.69) is 6.08 Å². The van der Waals surface area contributed by atoms with Gasteiger partial charge < -0.3 is 5.11 Å². The van der Waals surface area contributed by atoms with Crippen LogP contribution in [0.5, 0.6) is 5.75 Å². The Hall–Kier alpha value is -2.67. The number of rotatable bonds is 3. The summed E-state index contributed by atoms with van der Waals surface area (Å²) in [6.45, 7) is 0. The molecule has 3 saturated carbocycles. The fraction of sp³-hybridized carbons (Fsp3) is 0.625. The van der Waals surface area contributed by atoms with Crippen molar-refractivity contribution in [3.63, 3.8) is 0 Å². The average Bonchev–Trinajstić information content (AvgIpc) is 3.37. The summed E-state index contributed by atoms with van der Waals surface area (Å²) >= 11 is 6.72. The van der Waals surface area contributed by atoms with E-state index in [1.165, 1.54) is 6.07 Å². The molecule has 212 valence electrons. The predicted molar refractivity (Wildman–Crippen MR) is 148 cm³/mol. The van der Waals surface area contributed by atoms with Crippen LogP contribution in [0.4, 0.5) is 0 Å². The number of carbonyl (C=O) groups excluding carboxylic acids is 4. The molecule has 0 radical (unpaired) electrons. The molecule has 0 spiro atoms. The topological polar surface area (TPSA) is 95.0 Å². The van der Waals surface area contributed by atoms with Crippen LogP contribution in [0.3, 0.4) is 0 Å². The van der Waals surface area contributed by atoms with Crippen molar-refractivity contribution < 1.29 is 24.3 Å². The van der Waals surface area contributed by atoms with Crippen LogP contribution in [-0.4, -0.2) is 50.6 Å². The van der Waals surface area contributed by atoms with E-state index in [1.54, 1.807) is 21.9 Å². The van der Waals surface area contributed by atoms with Crippen LogP contribution in [0.15, 0.2) is 29.8 Å². The third kappa shape index (κ3) is 3.90. The van der Waals surface area contributed by atoms with E-state index in [9.17, 15) is 24.3 Å². The van der Waals surface area contributed by atoms with Crippen molar-refractivity contribution in [2.75, 3.05) is 0 Å². The number of fused-ring (bicyclic) bond motifs is 4. The van der Waals surface area contributed by atoms with E-state index in [1.807, 2.05) is 0 Å². The van der Waals surface area contributed by atoms with Gasteiger partial charge in [0.2, 0.25) is 23.6 Å². The number of benzene rings is 1. The fourth-order valence-corrected chi connectivity index (χ4v) is 9.44. The van der Waals surface area contributed by atoms with E-state index in [-0.39, 0.29) is 47.4 Å². The zero-order valence-corrected chi connectivity index (χ0v) is 23.5. The second-order valence-corrected chi connectivity index (χ2v) is 13.3. The molecule has 1 N–H and O–H groups in total. The Kier molecular flexibility index (Phi) is 6.56. The minimum absolute atomic E-state index is 0.0297. The summed E-state index contributed by atoms with van der Waals surface area (Å²) in [6, 6.07) is 4.71. The van der Waals surface area contributed by atoms with Crippen LogP contribution in [0, 0.1) is 29.6 Å². The Morgan fingerprint density at radius 2 is 1.27 bits per heavy atom. The third-order valence-corrected chi connectivity index (χ3v) is 11.2. The number of carbonyl (C=O) groups is 4. The lowest BCUT2D eigenvalue weighted by molar-refractivity contribution is -0.145. The molecule has 1 aromatic rings. The van der Waals surface area contributed by atoms with Crippen molar-refractivity contribution >= 4 is 35.2 Å². The van der Waals surface area contributed by atoms with E-state index >= 15 is 0 Å². The molecule has 0 bridgehead atoms. The molecule has 4 aliphatic carbocycles. The predicted octanol–water partition coefficient (Wildman–Crippen LogP) is 5.35. The maximum Gasteiger partial charge on any atom is 0.234 e. The summed E-state index contributed by atoms with van der Waals surface area (Å²) in [6.07, 6.45) is 12.7. The van der Waals surface area contributed by atoms with E-state index in [4.69, 9.17) is 11.6 Å². The summed E-state index contributed by atoms with van der Waals surface area (Å²) in [5.41, 5.74) is 1.67. The maximum absolute atomic E-state index is 14.1. The molecule has 6 aliphatic rings. The van der Waals surface area contributed by atoms with E-state index in [0.717, 1.165) is 69.8 Å². The number of likely N-dealkylation sites (tertiary alicyclic amines) is 2. The van der Waals surface area contributed by atoms with Crippen LogP contribution < -0.4 is 0 Å². The van der Waals surface area contributed by atoms with E-state index < -0.39 is 29.6 Å². The van der Waals surface area contributed by atoms with Gasteiger partial charge in [-0.25, -0.2) is 0 Å². The molecule has 7 rings (SSSR count). The summed E-state index contributed by atoms with van der Waals surface area (Å²) in [5, 5.41) is 10.4. The highest BCUT2D eigenvalue weighted by molar-refractivity contribution is 6.31. The molecule has 5 fully saturated rings. The quantitative estimate of drug-likeness (QED) is 0.394. The molecule has 1 aromatic carbocycles. The molecule has 8 heteroatoms. The first-order chi connectivity index (χ1) is 19.4. The molecule has 7 nitrogen and oxygen atoms in total. The van der Waals surface area contributed by atoms with Gasteiger partial charge in [0.25, 0.3) is 0 Å². The van der Waals surface area contributed by atoms with Crippen molar-refractivity contribution in [1.82, 2.24) is 9.80 Å².